The van der Waals surface area contributed by atoms with Crippen LogP contribution in [0, 0.1) is 0 Å². The van der Waals surface area contributed by atoms with Crippen LogP contribution in [0.3, 0.4) is 0 Å². The van der Waals surface area contributed by atoms with Crippen LogP contribution in [0.25, 0.3) is 0 Å². The molecule has 0 spiro atoms. The fraction of sp³-hybridized carbons (Fsp3) is 0.0667. The SMILES string of the molecule is CC(=O)N(c1cccc(C(N)=O)c1)c1ccccc1O. The van der Waals surface area contributed by atoms with E-state index in [1.54, 1.807) is 36.4 Å². The monoisotopic (exact) mass is 270 g/mol. The van der Waals surface area contributed by atoms with Crippen LogP contribution in [0.2, 0.25) is 0 Å². The van der Waals surface area contributed by atoms with E-state index in [-0.39, 0.29) is 11.7 Å². The fourth-order valence-electron chi connectivity index (χ4n) is 1.94. The number of hydrogen-bond acceptors (Lipinski definition) is 3. The molecule has 0 saturated carbocycles. The number of nitrogens with two attached hydrogens (primary N) is 1. The molecule has 0 fully saturated rings. The molecule has 0 aliphatic rings. The molecule has 0 radical (unpaired) electrons. The Labute approximate surface area is 116 Å². The number of phenolic OH excluding ortho intramolecular Hbond substituents is 1. The van der Waals surface area contributed by atoms with Crippen LogP contribution in [0.15, 0.2) is 48.5 Å². The molecular formula is C15H14N2O3. The van der Waals surface area contributed by atoms with Gasteiger partial charge in [0.05, 0.1) is 5.69 Å². The summed E-state index contributed by atoms with van der Waals surface area (Å²) in [6.45, 7) is 1.38. The number of primary amides is 1. The number of benzene rings is 2. The van der Waals surface area contributed by atoms with Crippen molar-refractivity contribution in [2.45, 2.75) is 6.92 Å². The van der Waals surface area contributed by atoms with Crippen molar-refractivity contribution < 1.29 is 14.7 Å². The normalized spacial score (nSPS) is 10.1. The summed E-state index contributed by atoms with van der Waals surface area (Å²) in [5.41, 5.74) is 6.35. The minimum absolute atomic E-state index is 0.0211. The summed E-state index contributed by atoms with van der Waals surface area (Å²) in [5.74, 6) is -0.882. The molecular weight excluding hydrogens is 256 g/mol. The quantitative estimate of drug-likeness (QED) is 0.896. The first-order chi connectivity index (χ1) is 9.50. The highest BCUT2D eigenvalue weighted by molar-refractivity contribution is 6.02. The molecule has 5 heteroatoms. The summed E-state index contributed by atoms with van der Waals surface area (Å²) in [5, 5.41) is 9.88. The molecule has 20 heavy (non-hydrogen) atoms. The van der Waals surface area contributed by atoms with Gasteiger partial charge in [0.25, 0.3) is 0 Å². The van der Waals surface area contributed by atoms with Gasteiger partial charge >= 0.3 is 0 Å². The van der Waals surface area contributed by atoms with Crippen LogP contribution in [0.5, 0.6) is 5.75 Å². The van der Waals surface area contributed by atoms with E-state index < -0.39 is 5.91 Å². The second-order valence-corrected chi connectivity index (χ2v) is 4.26. The van der Waals surface area contributed by atoms with Gasteiger partial charge in [-0.15, -0.1) is 0 Å². The smallest absolute Gasteiger partial charge is 0.248 e. The van der Waals surface area contributed by atoms with Gasteiger partial charge in [-0.05, 0) is 30.3 Å². The van der Waals surface area contributed by atoms with Crippen molar-refractivity contribution in [2.75, 3.05) is 4.90 Å². The topological polar surface area (TPSA) is 83.6 Å². The zero-order valence-electron chi connectivity index (χ0n) is 10.9. The van der Waals surface area contributed by atoms with E-state index in [1.807, 2.05) is 0 Å². The maximum Gasteiger partial charge on any atom is 0.248 e. The molecule has 0 aliphatic heterocycles. The molecule has 102 valence electrons. The van der Waals surface area contributed by atoms with Crippen LogP contribution < -0.4 is 10.6 Å². The van der Waals surface area contributed by atoms with E-state index in [0.717, 1.165) is 0 Å². The lowest BCUT2D eigenvalue weighted by Crippen LogP contribution is -2.23. The Morgan fingerprint density at radius 3 is 2.40 bits per heavy atom. The Kier molecular flexibility index (Phi) is 3.70. The second kappa shape index (κ2) is 5.44. The molecule has 3 N–H and O–H groups in total. The van der Waals surface area contributed by atoms with Crippen molar-refractivity contribution in [3.63, 3.8) is 0 Å². The number of para-hydroxylation sites is 2. The number of hydrogen-bond donors (Lipinski definition) is 2. The summed E-state index contributed by atoms with van der Waals surface area (Å²) < 4.78 is 0. The minimum Gasteiger partial charge on any atom is -0.506 e. The van der Waals surface area contributed by atoms with Crippen molar-refractivity contribution in [2.24, 2.45) is 5.73 Å². The highest BCUT2D eigenvalue weighted by Gasteiger charge is 2.18. The Bertz CT molecular complexity index is 668. The maximum atomic E-state index is 11.9. The van der Waals surface area contributed by atoms with Crippen LogP contribution in [-0.2, 0) is 4.79 Å². The fourth-order valence-corrected chi connectivity index (χ4v) is 1.94. The molecule has 2 aromatic rings. The van der Waals surface area contributed by atoms with E-state index in [1.165, 1.54) is 24.0 Å². The number of nitrogens with zero attached hydrogens (tertiary/aromatic N) is 1. The summed E-state index contributed by atoms with van der Waals surface area (Å²) in [4.78, 5) is 24.4. The Morgan fingerprint density at radius 2 is 1.80 bits per heavy atom. The third-order valence-electron chi connectivity index (χ3n) is 2.83. The second-order valence-electron chi connectivity index (χ2n) is 4.26. The lowest BCUT2D eigenvalue weighted by molar-refractivity contribution is -0.115. The van der Waals surface area contributed by atoms with Gasteiger partial charge in [0.2, 0.25) is 11.8 Å². The Hall–Kier alpha value is -2.82. The molecule has 2 rings (SSSR count). The van der Waals surface area contributed by atoms with Crippen molar-refractivity contribution >= 4 is 23.2 Å². The van der Waals surface area contributed by atoms with E-state index in [9.17, 15) is 14.7 Å². The average molecular weight is 270 g/mol. The third kappa shape index (κ3) is 2.61. The minimum atomic E-state index is -0.576. The van der Waals surface area contributed by atoms with Gasteiger partial charge in [-0.2, -0.15) is 0 Å². The first kappa shape index (κ1) is 13.6. The van der Waals surface area contributed by atoms with Gasteiger partial charge in [0.1, 0.15) is 5.75 Å². The van der Waals surface area contributed by atoms with Gasteiger partial charge in [0, 0.05) is 18.2 Å². The zero-order chi connectivity index (χ0) is 14.7. The standard InChI is InChI=1S/C15H14N2O3/c1-10(18)17(13-7-2-3-8-14(13)19)12-6-4-5-11(9-12)15(16)20/h2-9,19H,1H3,(H2,16,20). The Morgan fingerprint density at radius 1 is 1.10 bits per heavy atom. The summed E-state index contributed by atoms with van der Waals surface area (Å²) in [6.07, 6.45) is 0. The molecule has 0 atom stereocenters. The number of phenols is 1. The van der Waals surface area contributed by atoms with Crippen molar-refractivity contribution in [1.82, 2.24) is 0 Å². The molecule has 5 nitrogen and oxygen atoms in total. The molecule has 2 aromatic carbocycles. The molecule has 0 bridgehead atoms. The van der Waals surface area contributed by atoms with Crippen molar-refractivity contribution in [3.8, 4) is 5.75 Å². The third-order valence-corrected chi connectivity index (χ3v) is 2.83. The number of amides is 2. The first-order valence-corrected chi connectivity index (χ1v) is 5.99. The van der Waals surface area contributed by atoms with Gasteiger partial charge in [0.15, 0.2) is 0 Å². The van der Waals surface area contributed by atoms with Crippen LogP contribution >= 0.6 is 0 Å². The van der Waals surface area contributed by atoms with E-state index in [4.69, 9.17) is 5.73 Å². The highest BCUT2D eigenvalue weighted by atomic mass is 16.3. The molecule has 0 saturated heterocycles. The zero-order valence-corrected chi connectivity index (χ0v) is 10.9. The van der Waals surface area contributed by atoms with Crippen LogP contribution in [0.1, 0.15) is 17.3 Å². The highest BCUT2D eigenvalue weighted by Crippen LogP contribution is 2.33. The molecule has 0 aliphatic carbocycles. The predicted octanol–water partition coefficient (Wildman–Crippen LogP) is 2.18. The van der Waals surface area contributed by atoms with Crippen LogP contribution in [0.4, 0.5) is 11.4 Å². The van der Waals surface area contributed by atoms with E-state index in [2.05, 4.69) is 0 Å². The molecule has 0 unspecified atom stereocenters. The predicted molar refractivity (Wildman–Crippen MR) is 75.9 cm³/mol. The lowest BCUT2D eigenvalue weighted by atomic mass is 10.1. The molecule has 0 heterocycles. The number of rotatable bonds is 3. The lowest BCUT2D eigenvalue weighted by Gasteiger charge is -2.22. The first-order valence-electron chi connectivity index (χ1n) is 5.99. The summed E-state index contributed by atoms with van der Waals surface area (Å²) in [7, 11) is 0. The van der Waals surface area contributed by atoms with Crippen molar-refractivity contribution in [1.29, 1.82) is 0 Å². The number of aromatic hydroxyl groups is 1. The number of carbonyl (C=O) groups is 2. The maximum absolute atomic E-state index is 11.9. The van der Waals surface area contributed by atoms with Gasteiger partial charge in [-0.3, -0.25) is 14.5 Å². The van der Waals surface area contributed by atoms with Crippen LogP contribution in [-0.4, -0.2) is 16.9 Å². The molecule has 0 aromatic heterocycles. The summed E-state index contributed by atoms with van der Waals surface area (Å²) >= 11 is 0. The van der Waals surface area contributed by atoms with Crippen molar-refractivity contribution in [3.05, 3.63) is 54.1 Å². The van der Waals surface area contributed by atoms with Gasteiger partial charge < -0.3 is 10.8 Å². The number of carbonyl (C=O) groups excluding carboxylic acids is 2. The van der Waals surface area contributed by atoms with Gasteiger partial charge in [-0.1, -0.05) is 18.2 Å². The van der Waals surface area contributed by atoms with E-state index in [0.29, 0.717) is 16.9 Å². The largest absolute Gasteiger partial charge is 0.506 e. The Balaban J connectivity index is 2.55. The number of anilines is 2. The van der Waals surface area contributed by atoms with E-state index >= 15 is 0 Å². The molecule has 2 amide bonds. The average Bonchev–Trinajstić information content (AvgIpc) is 2.41. The summed E-state index contributed by atoms with van der Waals surface area (Å²) in [6, 6.07) is 12.9. The van der Waals surface area contributed by atoms with Gasteiger partial charge in [-0.25, -0.2) is 0 Å².